The lowest BCUT2D eigenvalue weighted by atomic mass is 10.2. The minimum absolute atomic E-state index is 0. The van der Waals surface area contributed by atoms with Crippen LogP contribution in [0.25, 0.3) is 0 Å². The minimum Gasteiger partial charge on any atom is -0.476 e. The zero-order chi connectivity index (χ0) is 9.42. The molecule has 4 nitrogen and oxygen atoms in total. The van der Waals surface area contributed by atoms with E-state index < -0.39 is 5.97 Å². The molecule has 0 aliphatic carbocycles. The summed E-state index contributed by atoms with van der Waals surface area (Å²) in [5, 5.41) is 8.96. The van der Waals surface area contributed by atoms with Gasteiger partial charge >= 0.3 is 5.97 Å². The molecule has 1 aliphatic heterocycles. The highest BCUT2D eigenvalue weighted by Gasteiger charge is 2.20. The van der Waals surface area contributed by atoms with Crippen molar-refractivity contribution < 1.29 is 14.6 Å². The second kappa shape index (κ2) is 4.02. The highest BCUT2D eigenvalue weighted by Crippen LogP contribution is 2.24. The van der Waals surface area contributed by atoms with Gasteiger partial charge in [0.25, 0.3) is 0 Å². The normalized spacial score (nSPS) is 15.8. The third kappa shape index (κ3) is 1.91. The average Bonchev–Trinajstić information content (AvgIpc) is 2.46. The van der Waals surface area contributed by atoms with Crippen LogP contribution < -0.4 is 0 Å². The fourth-order valence-corrected chi connectivity index (χ4v) is 2.44. The molecule has 1 aromatic rings. The maximum absolute atomic E-state index is 10.6. The maximum atomic E-state index is 10.6. The van der Waals surface area contributed by atoms with Crippen LogP contribution in [0.15, 0.2) is 0 Å². The van der Waals surface area contributed by atoms with Crippen molar-refractivity contribution >= 4 is 17.3 Å². The third-order valence-corrected chi connectivity index (χ3v) is 3.18. The van der Waals surface area contributed by atoms with E-state index in [-0.39, 0.29) is 9.71 Å². The number of likely N-dealkylation sites (N-methyl/N-ethyl adjacent to an activating group) is 1. The van der Waals surface area contributed by atoms with Gasteiger partial charge in [-0.25, -0.2) is 9.78 Å². The number of thiazole rings is 1. The van der Waals surface area contributed by atoms with Gasteiger partial charge in [0.05, 0.1) is 5.69 Å². The van der Waals surface area contributed by atoms with Crippen molar-refractivity contribution in [1.29, 1.82) is 0 Å². The Bertz CT molecular complexity index is 353. The van der Waals surface area contributed by atoms with Crippen LogP contribution in [0.2, 0.25) is 0 Å². The summed E-state index contributed by atoms with van der Waals surface area (Å²) in [6, 6.07) is 0. The van der Waals surface area contributed by atoms with Gasteiger partial charge in [-0.2, -0.15) is 0 Å². The molecule has 1 aliphatic rings. The molecule has 0 radical (unpaired) electrons. The summed E-state index contributed by atoms with van der Waals surface area (Å²) in [5.74, 6) is -0.915. The van der Waals surface area contributed by atoms with Crippen molar-refractivity contribution in [2.45, 2.75) is 13.0 Å². The van der Waals surface area contributed by atoms with Crippen molar-refractivity contribution in [3.05, 3.63) is 15.6 Å². The molecular formula is C8H11FN2O2S. The van der Waals surface area contributed by atoms with Crippen molar-refractivity contribution in [2.75, 3.05) is 13.6 Å². The van der Waals surface area contributed by atoms with Gasteiger partial charge in [-0.3, -0.25) is 4.70 Å². The zero-order valence-corrected chi connectivity index (χ0v) is 8.50. The number of fused-ring (bicyclic) bond motifs is 1. The van der Waals surface area contributed by atoms with Gasteiger partial charge in [0, 0.05) is 24.4 Å². The van der Waals surface area contributed by atoms with Crippen LogP contribution >= 0.6 is 11.3 Å². The van der Waals surface area contributed by atoms with E-state index in [2.05, 4.69) is 9.88 Å². The summed E-state index contributed by atoms with van der Waals surface area (Å²) in [5.41, 5.74) is 0.973. The Hall–Kier alpha value is -1.01. The number of aromatic nitrogens is 1. The van der Waals surface area contributed by atoms with Gasteiger partial charge in [0.1, 0.15) is 0 Å². The molecule has 0 saturated carbocycles. The highest BCUT2D eigenvalue weighted by atomic mass is 32.1. The Morgan fingerprint density at radius 2 is 2.36 bits per heavy atom. The summed E-state index contributed by atoms with van der Waals surface area (Å²) in [6.07, 6.45) is 0.871. The molecule has 0 saturated heterocycles. The Morgan fingerprint density at radius 1 is 1.64 bits per heavy atom. The van der Waals surface area contributed by atoms with E-state index in [0.717, 1.165) is 30.1 Å². The van der Waals surface area contributed by atoms with Crippen LogP contribution in [0, 0.1) is 0 Å². The molecule has 0 aromatic carbocycles. The lowest BCUT2D eigenvalue weighted by Crippen LogP contribution is -2.25. The van der Waals surface area contributed by atoms with E-state index in [0.29, 0.717) is 0 Å². The molecule has 0 spiro atoms. The van der Waals surface area contributed by atoms with E-state index in [9.17, 15) is 4.79 Å². The van der Waals surface area contributed by atoms with Crippen molar-refractivity contribution in [1.82, 2.24) is 9.88 Å². The SMILES string of the molecule is CN1CCc2nc(C(=O)O)sc2C1.F. The Kier molecular flexibility index (Phi) is 3.17. The first kappa shape index (κ1) is 11.1. The van der Waals surface area contributed by atoms with Crippen LogP contribution in [0.4, 0.5) is 4.70 Å². The van der Waals surface area contributed by atoms with Gasteiger partial charge in [0.15, 0.2) is 0 Å². The number of aromatic carboxylic acids is 1. The number of carboxylic acids is 1. The third-order valence-electron chi connectivity index (χ3n) is 2.11. The Balaban J connectivity index is 0.000000980. The smallest absolute Gasteiger partial charge is 0.365 e. The molecular weight excluding hydrogens is 207 g/mol. The van der Waals surface area contributed by atoms with Gasteiger partial charge in [-0.1, -0.05) is 0 Å². The van der Waals surface area contributed by atoms with E-state index in [4.69, 9.17) is 5.11 Å². The first-order chi connectivity index (χ1) is 6.16. The molecule has 0 amide bonds. The summed E-state index contributed by atoms with van der Waals surface area (Å²) in [4.78, 5) is 18.0. The largest absolute Gasteiger partial charge is 0.476 e. The summed E-state index contributed by atoms with van der Waals surface area (Å²) in [7, 11) is 2.03. The molecule has 2 heterocycles. The number of nitrogens with zero attached hydrogens (tertiary/aromatic N) is 2. The van der Waals surface area contributed by atoms with Crippen LogP contribution in [0.1, 0.15) is 20.4 Å². The summed E-state index contributed by atoms with van der Waals surface area (Å²) in [6.45, 7) is 1.80. The predicted molar refractivity (Wildman–Crippen MR) is 51.6 cm³/mol. The van der Waals surface area contributed by atoms with Crippen LogP contribution in [-0.2, 0) is 13.0 Å². The van der Waals surface area contributed by atoms with E-state index in [1.165, 1.54) is 11.3 Å². The van der Waals surface area contributed by atoms with E-state index >= 15 is 0 Å². The van der Waals surface area contributed by atoms with Crippen LogP contribution in [-0.4, -0.2) is 34.6 Å². The first-order valence-corrected chi connectivity index (χ1v) is 4.89. The van der Waals surface area contributed by atoms with Crippen LogP contribution in [0.5, 0.6) is 0 Å². The predicted octanol–water partition coefficient (Wildman–Crippen LogP) is 0.982. The lowest BCUT2D eigenvalue weighted by molar-refractivity contribution is 0.0696. The lowest BCUT2D eigenvalue weighted by Gasteiger charge is -2.20. The fraction of sp³-hybridized carbons (Fsp3) is 0.500. The molecule has 0 atom stereocenters. The molecule has 1 aromatic heterocycles. The minimum atomic E-state index is -0.915. The summed E-state index contributed by atoms with van der Waals surface area (Å²) < 4.78 is 0. The van der Waals surface area contributed by atoms with E-state index in [1.54, 1.807) is 0 Å². The number of carbonyl (C=O) groups is 1. The van der Waals surface area contributed by atoms with Gasteiger partial charge < -0.3 is 10.0 Å². The van der Waals surface area contributed by atoms with Gasteiger partial charge in [-0.15, -0.1) is 11.3 Å². The topological polar surface area (TPSA) is 53.4 Å². The molecule has 0 unspecified atom stereocenters. The Labute approximate surface area is 84.6 Å². The molecule has 2 rings (SSSR count). The Morgan fingerprint density at radius 3 is 3.00 bits per heavy atom. The molecule has 78 valence electrons. The first-order valence-electron chi connectivity index (χ1n) is 4.07. The molecule has 0 bridgehead atoms. The fourth-order valence-electron chi connectivity index (χ4n) is 1.41. The number of carboxylic acid groups (broad SMARTS) is 1. The average molecular weight is 218 g/mol. The monoisotopic (exact) mass is 218 g/mol. The number of hydrogen-bond donors (Lipinski definition) is 1. The molecule has 6 heteroatoms. The zero-order valence-electron chi connectivity index (χ0n) is 7.69. The second-order valence-corrected chi connectivity index (χ2v) is 4.27. The number of halogens is 1. The molecule has 1 N–H and O–H groups in total. The molecule has 0 fully saturated rings. The quantitative estimate of drug-likeness (QED) is 0.763. The van der Waals surface area contributed by atoms with Crippen molar-refractivity contribution in [3.63, 3.8) is 0 Å². The summed E-state index contributed by atoms with van der Waals surface area (Å²) >= 11 is 1.29. The van der Waals surface area contributed by atoms with Crippen molar-refractivity contribution in [3.8, 4) is 0 Å². The number of hydrogen-bond acceptors (Lipinski definition) is 4. The standard InChI is InChI=1S/C8H10N2O2S.FH/c1-10-3-2-5-6(4-10)13-7(9-5)8(11)12;/h2-4H2,1H3,(H,11,12);1H. The van der Waals surface area contributed by atoms with Gasteiger partial charge in [-0.05, 0) is 7.05 Å². The van der Waals surface area contributed by atoms with Crippen LogP contribution in [0.3, 0.4) is 0 Å². The number of rotatable bonds is 1. The van der Waals surface area contributed by atoms with Gasteiger partial charge in [0.2, 0.25) is 5.01 Å². The highest BCUT2D eigenvalue weighted by molar-refractivity contribution is 7.13. The second-order valence-electron chi connectivity index (χ2n) is 3.18. The molecule has 14 heavy (non-hydrogen) atoms. The van der Waals surface area contributed by atoms with Crippen molar-refractivity contribution in [2.24, 2.45) is 0 Å². The van der Waals surface area contributed by atoms with E-state index in [1.807, 2.05) is 7.05 Å². The maximum Gasteiger partial charge on any atom is 0.365 e.